The molecular formula is C23H25F3N6O3. The van der Waals surface area contributed by atoms with Gasteiger partial charge in [-0.25, -0.2) is 19.4 Å². The number of aromatic nitrogens is 5. The van der Waals surface area contributed by atoms with E-state index in [0.29, 0.717) is 16.8 Å². The molecule has 1 aromatic carbocycles. The number of carbonyl (C=O) groups excluding carboxylic acids is 1. The summed E-state index contributed by atoms with van der Waals surface area (Å²) in [4.78, 5) is 22.2. The van der Waals surface area contributed by atoms with Crippen LogP contribution in [0.2, 0.25) is 0 Å². The fraction of sp³-hybridized carbons (Fsp3) is 0.435. The minimum absolute atomic E-state index is 0.0650. The van der Waals surface area contributed by atoms with Crippen molar-refractivity contribution in [2.45, 2.75) is 51.3 Å². The summed E-state index contributed by atoms with van der Waals surface area (Å²) in [5.41, 5.74) is 0.425. The van der Waals surface area contributed by atoms with Gasteiger partial charge in [0.15, 0.2) is 0 Å². The Morgan fingerprint density at radius 1 is 1.09 bits per heavy atom. The minimum Gasteiger partial charge on any atom is -0.444 e. The Bertz CT molecular complexity index is 1150. The second kappa shape index (κ2) is 9.61. The summed E-state index contributed by atoms with van der Waals surface area (Å²) >= 11 is 0. The molecule has 186 valence electrons. The van der Waals surface area contributed by atoms with Crippen LogP contribution in [0.15, 0.2) is 49.2 Å². The maximum absolute atomic E-state index is 12.8. The lowest BCUT2D eigenvalue weighted by atomic mass is 10.1. The lowest BCUT2D eigenvalue weighted by Gasteiger charge is -2.24. The molecule has 1 aliphatic rings. The summed E-state index contributed by atoms with van der Waals surface area (Å²) in [5, 5.41) is 8.40. The number of alkyl halides is 3. The van der Waals surface area contributed by atoms with E-state index in [0.717, 1.165) is 12.1 Å². The van der Waals surface area contributed by atoms with E-state index in [1.54, 1.807) is 44.0 Å². The van der Waals surface area contributed by atoms with Gasteiger partial charge in [-0.3, -0.25) is 0 Å². The summed E-state index contributed by atoms with van der Waals surface area (Å²) < 4.78 is 51.7. The second-order valence-electron chi connectivity index (χ2n) is 9.21. The van der Waals surface area contributed by atoms with Crippen molar-refractivity contribution in [2.24, 2.45) is 0 Å². The van der Waals surface area contributed by atoms with Crippen LogP contribution >= 0.6 is 0 Å². The van der Waals surface area contributed by atoms with E-state index >= 15 is 0 Å². The normalized spacial score (nSPS) is 18.6. The van der Waals surface area contributed by atoms with Gasteiger partial charge in [-0.2, -0.15) is 13.2 Å². The van der Waals surface area contributed by atoms with Gasteiger partial charge in [-0.1, -0.05) is 17.3 Å². The van der Waals surface area contributed by atoms with E-state index in [1.165, 1.54) is 23.4 Å². The van der Waals surface area contributed by atoms with Crippen LogP contribution in [0.4, 0.5) is 18.0 Å². The van der Waals surface area contributed by atoms with Gasteiger partial charge in [0.1, 0.15) is 17.6 Å². The summed E-state index contributed by atoms with van der Waals surface area (Å²) in [6.45, 7) is 5.90. The van der Waals surface area contributed by atoms with Crippen LogP contribution in [0.25, 0.3) is 11.3 Å². The van der Waals surface area contributed by atoms with Crippen LogP contribution in [-0.2, 0) is 22.3 Å². The third-order valence-corrected chi connectivity index (χ3v) is 5.34. The molecular weight excluding hydrogens is 465 g/mol. The smallest absolute Gasteiger partial charge is 0.416 e. The van der Waals surface area contributed by atoms with Crippen molar-refractivity contribution in [3.05, 3.63) is 60.3 Å². The SMILES string of the molecule is CC(C)(C)OC(=O)N1C[C@@H](n2cc(-c3cncnc3)nn2)[C@H](OCc2ccc(C(F)(F)F)cc2)C1. The topological polar surface area (TPSA) is 95.3 Å². The summed E-state index contributed by atoms with van der Waals surface area (Å²) in [7, 11) is 0. The molecule has 4 rings (SSSR count). The van der Waals surface area contributed by atoms with E-state index in [4.69, 9.17) is 9.47 Å². The average molecular weight is 490 g/mol. The number of ether oxygens (including phenoxy) is 2. The quantitative estimate of drug-likeness (QED) is 0.531. The molecule has 3 aromatic rings. The van der Waals surface area contributed by atoms with Crippen molar-refractivity contribution >= 4 is 6.09 Å². The monoisotopic (exact) mass is 490 g/mol. The number of benzene rings is 1. The highest BCUT2D eigenvalue weighted by Gasteiger charge is 2.40. The zero-order valence-electron chi connectivity index (χ0n) is 19.4. The molecule has 2 atom stereocenters. The van der Waals surface area contributed by atoms with E-state index in [2.05, 4.69) is 20.3 Å². The molecule has 2 aromatic heterocycles. The fourth-order valence-corrected chi connectivity index (χ4v) is 3.65. The molecule has 9 nitrogen and oxygen atoms in total. The van der Waals surface area contributed by atoms with Gasteiger partial charge in [-0.15, -0.1) is 5.10 Å². The largest absolute Gasteiger partial charge is 0.444 e. The Hall–Kier alpha value is -3.54. The molecule has 0 bridgehead atoms. The van der Waals surface area contributed by atoms with Gasteiger partial charge in [0.25, 0.3) is 0 Å². The zero-order valence-corrected chi connectivity index (χ0v) is 19.4. The van der Waals surface area contributed by atoms with Crippen molar-refractivity contribution < 1.29 is 27.4 Å². The standard InChI is InChI=1S/C23H25F3N6O3/c1-22(2,3)35-21(33)31-11-19(32-10-18(29-30-32)16-8-27-14-28-9-16)20(12-31)34-13-15-4-6-17(7-5-15)23(24,25)26/h4-10,14,19-20H,11-13H2,1-3H3/t19-,20-/m1/s1. The molecule has 0 unspecified atom stereocenters. The predicted octanol–water partition coefficient (Wildman–Crippen LogP) is 4.13. The molecule has 0 aliphatic carbocycles. The number of rotatable bonds is 5. The highest BCUT2D eigenvalue weighted by molar-refractivity contribution is 5.68. The molecule has 35 heavy (non-hydrogen) atoms. The van der Waals surface area contributed by atoms with Gasteiger partial charge in [0.2, 0.25) is 0 Å². The summed E-state index contributed by atoms with van der Waals surface area (Å²) in [6.07, 6.45) is 0.971. The highest BCUT2D eigenvalue weighted by atomic mass is 19.4. The second-order valence-corrected chi connectivity index (χ2v) is 9.21. The third kappa shape index (κ3) is 6.13. The first-order chi connectivity index (χ1) is 16.5. The maximum Gasteiger partial charge on any atom is 0.416 e. The van der Waals surface area contributed by atoms with E-state index < -0.39 is 29.5 Å². The molecule has 1 fully saturated rings. The molecule has 0 radical (unpaired) electrons. The van der Waals surface area contributed by atoms with Crippen molar-refractivity contribution in [2.75, 3.05) is 13.1 Å². The van der Waals surface area contributed by atoms with Gasteiger partial charge in [-0.05, 0) is 38.5 Å². The summed E-state index contributed by atoms with van der Waals surface area (Å²) in [5.74, 6) is 0. The Labute approximate surface area is 199 Å². The van der Waals surface area contributed by atoms with E-state index in [-0.39, 0.29) is 25.7 Å². The van der Waals surface area contributed by atoms with E-state index in [9.17, 15) is 18.0 Å². The molecule has 0 N–H and O–H groups in total. The number of likely N-dealkylation sites (tertiary alicyclic amines) is 1. The maximum atomic E-state index is 12.8. The number of halogens is 3. The first-order valence-electron chi connectivity index (χ1n) is 10.9. The van der Waals surface area contributed by atoms with Gasteiger partial charge >= 0.3 is 12.3 Å². The summed E-state index contributed by atoms with van der Waals surface area (Å²) in [6, 6.07) is 4.40. The number of amides is 1. The number of nitrogens with zero attached hydrogens (tertiary/aromatic N) is 6. The van der Waals surface area contributed by atoms with Crippen LogP contribution in [0.3, 0.4) is 0 Å². The molecule has 0 saturated carbocycles. The lowest BCUT2D eigenvalue weighted by molar-refractivity contribution is -0.137. The molecule has 0 spiro atoms. The predicted molar refractivity (Wildman–Crippen MR) is 118 cm³/mol. The first-order valence-corrected chi connectivity index (χ1v) is 10.9. The highest BCUT2D eigenvalue weighted by Crippen LogP contribution is 2.30. The Morgan fingerprint density at radius 2 is 1.77 bits per heavy atom. The number of hydrogen-bond acceptors (Lipinski definition) is 7. The van der Waals surface area contributed by atoms with Crippen LogP contribution < -0.4 is 0 Å². The van der Waals surface area contributed by atoms with Crippen LogP contribution in [-0.4, -0.2) is 60.7 Å². The fourth-order valence-electron chi connectivity index (χ4n) is 3.65. The Morgan fingerprint density at radius 3 is 2.40 bits per heavy atom. The third-order valence-electron chi connectivity index (χ3n) is 5.34. The molecule has 1 saturated heterocycles. The zero-order chi connectivity index (χ0) is 25.2. The molecule has 3 heterocycles. The number of hydrogen-bond donors (Lipinski definition) is 0. The molecule has 1 aliphatic heterocycles. The Kier molecular flexibility index (Phi) is 6.75. The van der Waals surface area contributed by atoms with Crippen molar-refractivity contribution in [1.82, 2.24) is 29.9 Å². The molecule has 12 heteroatoms. The van der Waals surface area contributed by atoms with Gasteiger partial charge < -0.3 is 14.4 Å². The van der Waals surface area contributed by atoms with Crippen molar-refractivity contribution in [3.8, 4) is 11.3 Å². The van der Waals surface area contributed by atoms with Crippen molar-refractivity contribution in [1.29, 1.82) is 0 Å². The molecule has 1 amide bonds. The number of carbonyl (C=O) groups is 1. The average Bonchev–Trinajstić information content (AvgIpc) is 3.44. The van der Waals surface area contributed by atoms with Gasteiger partial charge in [0.05, 0.1) is 37.1 Å². The lowest BCUT2D eigenvalue weighted by Crippen LogP contribution is -2.36. The van der Waals surface area contributed by atoms with Gasteiger partial charge in [0, 0.05) is 24.5 Å². The van der Waals surface area contributed by atoms with E-state index in [1.807, 2.05) is 0 Å². The van der Waals surface area contributed by atoms with Crippen molar-refractivity contribution in [3.63, 3.8) is 0 Å². The Balaban J connectivity index is 1.51. The van der Waals surface area contributed by atoms with Crippen LogP contribution in [0, 0.1) is 0 Å². The van der Waals surface area contributed by atoms with Crippen LogP contribution in [0.1, 0.15) is 37.9 Å². The van der Waals surface area contributed by atoms with Crippen LogP contribution in [0.5, 0.6) is 0 Å². The first kappa shape index (κ1) is 24.6. The minimum atomic E-state index is -4.40.